The summed E-state index contributed by atoms with van der Waals surface area (Å²) in [7, 11) is 0. The highest BCUT2D eigenvalue weighted by Crippen LogP contribution is 2.22. The molecule has 1 N–H and O–H groups in total. The van der Waals surface area contributed by atoms with E-state index in [4.69, 9.17) is 4.74 Å². The molecular formula is C15H18N2O2S. The van der Waals surface area contributed by atoms with Gasteiger partial charge >= 0.3 is 0 Å². The number of anilines is 1. The second-order valence-electron chi connectivity index (χ2n) is 4.44. The number of benzene rings is 1. The van der Waals surface area contributed by atoms with Crippen molar-refractivity contribution in [1.82, 2.24) is 4.98 Å². The average Bonchev–Trinajstić information content (AvgIpc) is 2.79. The van der Waals surface area contributed by atoms with Crippen LogP contribution in [-0.4, -0.2) is 17.0 Å². The molecule has 0 radical (unpaired) electrons. The molecule has 2 rings (SSSR count). The molecule has 2 aromatic rings. The number of rotatable bonds is 5. The van der Waals surface area contributed by atoms with Gasteiger partial charge in [0.05, 0.1) is 5.69 Å². The maximum absolute atomic E-state index is 12.1. The van der Waals surface area contributed by atoms with E-state index in [2.05, 4.69) is 17.2 Å². The van der Waals surface area contributed by atoms with Gasteiger partial charge in [0.2, 0.25) is 0 Å². The first-order chi connectivity index (χ1) is 9.60. The van der Waals surface area contributed by atoms with Crippen LogP contribution < -0.4 is 10.1 Å². The predicted octanol–water partition coefficient (Wildman–Crippen LogP) is 3.42. The molecule has 1 atom stereocenters. The van der Waals surface area contributed by atoms with Crippen molar-refractivity contribution in [3.8, 4) is 5.75 Å². The van der Waals surface area contributed by atoms with Crippen molar-refractivity contribution in [3.05, 3.63) is 40.9 Å². The fourth-order valence-corrected chi connectivity index (χ4v) is 2.68. The number of hydrogen-bond acceptors (Lipinski definition) is 4. The summed E-state index contributed by atoms with van der Waals surface area (Å²) in [6, 6.07) is 9.30. The SMILES string of the molecule is CCc1nc(NC(=O)C(C)Oc2ccccc2)sc1C. The van der Waals surface area contributed by atoms with Gasteiger partial charge in [-0.15, -0.1) is 11.3 Å². The Labute approximate surface area is 122 Å². The van der Waals surface area contributed by atoms with Crippen LogP contribution in [0.25, 0.3) is 0 Å². The van der Waals surface area contributed by atoms with Gasteiger partial charge in [0.25, 0.3) is 5.91 Å². The van der Waals surface area contributed by atoms with Crippen LogP contribution in [0.1, 0.15) is 24.4 Å². The van der Waals surface area contributed by atoms with E-state index in [1.165, 1.54) is 11.3 Å². The molecule has 1 aromatic heterocycles. The Balaban J connectivity index is 1.97. The third kappa shape index (κ3) is 3.57. The molecule has 0 aliphatic carbocycles. The van der Waals surface area contributed by atoms with Crippen LogP contribution in [0.4, 0.5) is 5.13 Å². The summed E-state index contributed by atoms with van der Waals surface area (Å²) in [5, 5.41) is 3.43. The summed E-state index contributed by atoms with van der Waals surface area (Å²) in [5.74, 6) is 0.491. The summed E-state index contributed by atoms with van der Waals surface area (Å²) >= 11 is 1.49. The van der Waals surface area contributed by atoms with Crippen molar-refractivity contribution in [1.29, 1.82) is 0 Å². The van der Waals surface area contributed by atoms with Crippen molar-refractivity contribution in [2.45, 2.75) is 33.3 Å². The lowest BCUT2D eigenvalue weighted by Gasteiger charge is -2.13. The Kier molecular flexibility index (Phi) is 4.74. The van der Waals surface area contributed by atoms with Gasteiger partial charge in [-0.1, -0.05) is 25.1 Å². The summed E-state index contributed by atoms with van der Waals surface area (Å²) in [4.78, 5) is 17.6. The normalized spacial score (nSPS) is 11.9. The van der Waals surface area contributed by atoms with Crippen molar-refractivity contribution in [2.24, 2.45) is 0 Å². The van der Waals surface area contributed by atoms with Gasteiger partial charge in [-0.25, -0.2) is 4.98 Å². The predicted molar refractivity (Wildman–Crippen MR) is 81.4 cm³/mol. The van der Waals surface area contributed by atoms with Crippen molar-refractivity contribution in [2.75, 3.05) is 5.32 Å². The van der Waals surface area contributed by atoms with Gasteiger partial charge in [0.1, 0.15) is 5.75 Å². The molecule has 1 heterocycles. The molecule has 20 heavy (non-hydrogen) atoms. The lowest BCUT2D eigenvalue weighted by molar-refractivity contribution is -0.122. The number of nitrogens with one attached hydrogen (secondary N) is 1. The number of aryl methyl sites for hydroxylation is 2. The molecular weight excluding hydrogens is 272 g/mol. The third-order valence-electron chi connectivity index (χ3n) is 2.88. The topological polar surface area (TPSA) is 51.2 Å². The molecule has 4 nitrogen and oxygen atoms in total. The number of carbonyl (C=O) groups is 1. The molecule has 0 aliphatic heterocycles. The minimum absolute atomic E-state index is 0.190. The number of thiazole rings is 1. The van der Waals surface area contributed by atoms with Crippen LogP contribution in [0.2, 0.25) is 0 Å². The molecule has 0 spiro atoms. The fourth-order valence-electron chi connectivity index (χ4n) is 1.77. The molecule has 1 unspecified atom stereocenters. The first-order valence-corrected chi connectivity index (χ1v) is 7.40. The highest BCUT2D eigenvalue weighted by atomic mass is 32.1. The zero-order valence-electron chi connectivity index (χ0n) is 11.8. The lowest BCUT2D eigenvalue weighted by Crippen LogP contribution is -2.30. The van der Waals surface area contributed by atoms with Gasteiger partial charge in [-0.2, -0.15) is 0 Å². The zero-order valence-corrected chi connectivity index (χ0v) is 12.7. The Morgan fingerprint density at radius 1 is 1.40 bits per heavy atom. The van der Waals surface area contributed by atoms with E-state index in [-0.39, 0.29) is 5.91 Å². The average molecular weight is 290 g/mol. The summed E-state index contributed by atoms with van der Waals surface area (Å²) in [6.07, 6.45) is 0.306. The van der Waals surface area contributed by atoms with Gasteiger partial charge in [-0.3, -0.25) is 10.1 Å². The number of hydrogen-bond donors (Lipinski definition) is 1. The number of aromatic nitrogens is 1. The fraction of sp³-hybridized carbons (Fsp3) is 0.333. The number of carbonyl (C=O) groups excluding carboxylic acids is 1. The Morgan fingerprint density at radius 3 is 2.70 bits per heavy atom. The summed E-state index contributed by atoms with van der Waals surface area (Å²) in [6.45, 7) is 5.79. The van der Waals surface area contributed by atoms with E-state index >= 15 is 0 Å². The Hall–Kier alpha value is -1.88. The smallest absolute Gasteiger partial charge is 0.266 e. The monoisotopic (exact) mass is 290 g/mol. The molecule has 1 amide bonds. The minimum atomic E-state index is -0.563. The van der Waals surface area contributed by atoms with E-state index in [0.29, 0.717) is 10.9 Å². The van der Waals surface area contributed by atoms with Crippen molar-refractivity contribution >= 4 is 22.4 Å². The third-order valence-corrected chi connectivity index (χ3v) is 3.81. The first kappa shape index (κ1) is 14.5. The highest BCUT2D eigenvalue weighted by Gasteiger charge is 2.17. The molecule has 0 saturated carbocycles. The second-order valence-corrected chi connectivity index (χ2v) is 5.64. The second kappa shape index (κ2) is 6.52. The lowest BCUT2D eigenvalue weighted by atomic mass is 10.3. The van der Waals surface area contributed by atoms with E-state index in [9.17, 15) is 4.79 Å². The van der Waals surface area contributed by atoms with Gasteiger partial charge in [0, 0.05) is 4.88 Å². The summed E-state index contributed by atoms with van der Waals surface area (Å²) in [5.41, 5.74) is 1.03. The quantitative estimate of drug-likeness (QED) is 0.918. The van der Waals surface area contributed by atoms with E-state index in [1.807, 2.05) is 37.3 Å². The molecule has 0 fully saturated rings. The van der Waals surface area contributed by atoms with Gasteiger partial charge in [0.15, 0.2) is 11.2 Å². The van der Waals surface area contributed by atoms with Gasteiger partial charge in [-0.05, 0) is 32.4 Å². The number of para-hydroxylation sites is 1. The largest absolute Gasteiger partial charge is 0.481 e. The Bertz CT molecular complexity index is 581. The first-order valence-electron chi connectivity index (χ1n) is 6.59. The number of ether oxygens (including phenoxy) is 1. The van der Waals surface area contributed by atoms with Gasteiger partial charge < -0.3 is 4.74 Å². The van der Waals surface area contributed by atoms with E-state index in [1.54, 1.807) is 6.92 Å². The van der Waals surface area contributed by atoms with Crippen LogP contribution in [0.15, 0.2) is 30.3 Å². The van der Waals surface area contributed by atoms with Crippen molar-refractivity contribution in [3.63, 3.8) is 0 Å². The molecule has 0 aliphatic rings. The molecule has 1 aromatic carbocycles. The standard InChI is InChI=1S/C15H18N2O2S/c1-4-13-11(3)20-15(16-13)17-14(18)10(2)19-12-8-6-5-7-9-12/h5-10H,4H2,1-3H3,(H,16,17,18). The van der Waals surface area contributed by atoms with Crippen LogP contribution in [0, 0.1) is 6.92 Å². The van der Waals surface area contributed by atoms with Crippen LogP contribution >= 0.6 is 11.3 Å². The van der Waals surface area contributed by atoms with Crippen molar-refractivity contribution < 1.29 is 9.53 Å². The molecule has 0 saturated heterocycles. The van der Waals surface area contributed by atoms with Crippen LogP contribution in [0.5, 0.6) is 5.75 Å². The van der Waals surface area contributed by atoms with Crippen LogP contribution in [-0.2, 0) is 11.2 Å². The number of nitrogens with zero attached hydrogens (tertiary/aromatic N) is 1. The van der Waals surface area contributed by atoms with E-state index in [0.717, 1.165) is 17.0 Å². The maximum atomic E-state index is 12.1. The highest BCUT2D eigenvalue weighted by molar-refractivity contribution is 7.15. The zero-order chi connectivity index (χ0) is 14.5. The Morgan fingerprint density at radius 2 is 2.10 bits per heavy atom. The molecule has 106 valence electrons. The molecule has 0 bridgehead atoms. The van der Waals surface area contributed by atoms with E-state index < -0.39 is 6.10 Å². The van der Waals surface area contributed by atoms with Crippen LogP contribution in [0.3, 0.4) is 0 Å². The molecule has 5 heteroatoms. The summed E-state index contributed by atoms with van der Waals surface area (Å²) < 4.78 is 5.58. The maximum Gasteiger partial charge on any atom is 0.266 e. The number of amides is 1. The minimum Gasteiger partial charge on any atom is -0.481 e.